The SMILES string of the molecule is CNC(Cc1ccccc1F)c1cccc(N(C)C)c1. The molecule has 3 heteroatoms. The van der Waals surface area contributed by atoms with Gasteiger partial charge in [0.1, 0.15) is 5.82 Å². The third-order valence-corrected chi connectivity index (χ3v) is 3.52. The lowest BCUT2D eigenvalue weighted by molar-refractivity contribution is 0.554. The molecule has 106 valence electrons. The first-order valence-corrected chi connectivity index (χ1v) is 6.79. The molecule has 0 bridgehead atoms. The Bertz CT molecular complexity index is 566. The van der Waals surface area contributed by atoms with Crippen LogP contribution in [-0.4, -0.2) is 21.1 Å². The van der Waals surface area contributed by atoms with Crippen molar-refractivity contribution in [2.24, 2.45) is 0 Å². The minimum Gasteiger partial charge on any atom is -0.378 e. The second-order valence-corrected chi connectivity index (χ2v) is 5.13. The molecule has 0 aliphatic heterocycles. The first-order valence-electron chi connectivity index (χ1n) is 6.79. The van der Waals surface area contributed by atoms with Gasteiger partial charge in [0.2, 0.25) is 0 Å². The number of rotatable bonds is 5. The minimum atomic E-state index is -0.142. The Hall–Kier alpha value is -1.87. The van der Waals surface area contributed by atoms with Gasteiger partial charge in [-0.1, -0.05) is 30.3 Å². The zero-order valence-electron chi connectivity index (χ0n) is 12.2. The van der Waals surface area contributed by atoms with Crippen molar-refractivity contribution in [1.82, 2.24) is 5.32 Å². The standard InChI is InChI=1S/C17H21FN2/c1-19-17(12-13-7-4-5-10-16(13)18)14-8-6-9-15(11-14)20(2)3/h4-11,17,19H,12H2,1-3H3. The molecule has 1 unspecified atom stereocenters. The van der Waals surface area contributed by atoms with Crippen LogP contribution in [0.4, 0.5) is 10.1 Å². The highest BCUT2D eigenvalue weighted by molar-refractivity contribution is 5.48. The van der Waals surface area contributed by atoms with Crippen LogP contribution in [0.15, 0.2) is 48.5 Å². The second kappa shape index (κ2) is 6.53. The molecule has 0 aliphatic carbocycles. The molecule has 1 atom stereocenters. The summed E-state index contributed by atoms with van der Waals surface area (Å²) in [5.74, 6) is -0.142. The molecule has 0 saturated heterocycles. The van der Waals surface area contributed by atoms with Crippen LogP contribution >= 0.6 is 0 Å². The maximum absolute atomic E-state index is 13.8. The Labute approximate surface area is 120 Å². The van der Waals surface area contributed by atoms with Gasteiger partial charge in [-0.05, 0) is 42.8 Å². The van der Waals surface area contributed by atoms with Crippen LogP contribution in [0.1, 0.15) is 17.2 Å². The molecule has 0 amide bonds. The number of hydrogen-bond donors (Lipinski definition) is 1. The fraction of sp³-hybridized carbons (Fsp3) is 0.294. The fourth-order valence-corrected chi connectivity index (χ4v) is 2.29. The summed E-state index contributed by atoms with van der Waals surface area (Å²) in [7, 11) is 5.95. The van der Waals surface area contributed by atoms with Crippen molar-refractivity contribution in [2.45, 2.75) is 12.5 Å². The summed E-state index contributed by atoms with van der Waals surface area (Å²) in [6.07, 6.45) is 0.639. The Morgan fingerprint density at radius 2 is 1.85 bits per heavy atom. The molecule has 1 N–H and O–H groups in total. The highest BCUT2D eigenvalue weighted by Crippen LogP contribution is 2.23. The van der Waals surface area contributed by atoms with Gasteiger partial charge >= 0.3 is 0 Å². The van der Waals surface area contributed by atoms with E-state index in [0.29, 0.717) is 6.42 Å². The van der Waals surface area contributed by atoms with Gasteiger partial charge in [-0.15, -0.1) is 0 Å². The van der Waals surface area contributed by atoms with Crippen molar-refractivity contribution in [3.05, 3.63) is 65.5 Å². The van der Waals surface area contributed by atoms with Crippen molar-refractivity contribution in [3.8, 4) is 0 Å². The van der Waals surface area contributed by atoms with E-state index in [9.17, 15) is 4.39 Å². The van der Waals surface area contributed by atoms with E-state index in [0.717, 1.165) is 11.3 Å². The lowest BCUT2D eigenvalue weighted by atomic mass is 9.98. The van der Waals surface area contributed by atoms with E-state index in [1.54, 1.807) is 6.07 Å². The molecule has 0 spiro atoms. The summed E-state index contributed by atoms with van der Waals surface area (Å²) in [6.45, 7) is 0. The normalized spacial score (nSPS) is 12.2. The molecule has 2 rings (SSSR count). The first-order chi connectivity index (χ1) is 9.61. The van der Waals surface area contributed by atoms with Gasteiger partial charge in [0, 0.05) is 25.8 Å². The molecule has 2 nitrogen and oxygen atoms in total. The van der Waals surface area contributed by atoms with Gasteiger partial charge in [-0.2, -0.15) is 0 Å². The van der Waals surface area contributed by atoms with Gasteiger partial charge in [-0.3, -0.25) is 0 Å². The molecule has 2 aromatic carbocycles. The van der Waals surface area contributed by atoms with E-state index < -0.39 is 0 Å². The van der Waals surface area contributed by atoms with Gasteiger partial charge in [0.15, 0.2) is 0 Å². The van der Waals surface area contributed by atoms with E-state index in [2.05, 4.69) is 28.4 Å². The van der Waals surface area contributed by atoms with Crippen LogP contribution in [0.3, 0.4) is 0 Å². The lowest BCUT2D eigenvalue weighted by Crippen LogP contribution is -2.20. The number of nitrogens with zero attached hydrogens (tertiary/aromatic N) is 1. The van der Waals surface area contributed by atoms with E-state index in [1.165, 1.54) is 11.6 Å². The Kier molecular flexibility index (Phi) is 4.74. The van der Waals surface area contributed by atoms with Crippen LogP contribution in [0.25, 0.3) is 0 Å². The predicted octanol–water partition coefficient (Wildman–Crippen LogP) is 3.39. The van der Waals surface area contributed by atoms with E-state index in [-0.39, 0.29) is 11.9 Å². The van der Waals surface area contributed by atoms with Gasteiger partial charge < -0.3 is 10.2 Å². The number of halogens is 1. The highest BCUT2D eigenvalue weighted by atomic mass is 19.1. The number of anilines is 1. The highest BCUT2D eigenvalue weighted by Gasteiger charge is 2.13. The molecule has 20 heavy (non-hydrogen) atoms. The van der Waals surface area contributed by atoms with Crippen LogP contribution in [0.5, 0.6) is 0 Å². The summed E-state index contributed by atoms with van der Waals surface area (Å²) in [6, 6.07) is 15.4. The molecule has 0 heterocycles. The lowest BCUT2D eigenvalue weighted by Gasteiger charge is -2.20. The third-order valence-electron chi connectivity index (χ3n) is 3.52. The average Bonchev–Trinajstić information content (AvgIpc) is 2.46. The Balaban J connectivity index is 2.24. The van der Waals surface area contributed by atoms with Gasteiger partial charge in [0.25, 0.3) is 0 Å². The summed E-state index contributed by atoms with van der Waals surface area (Å²) >= 11 is 0. The molecular formula is C17H21FN2. The molecular weight excluding hydrogens is 251 g/mol. The van der Waals surface area contributed by atoms with E-state index >= 15 is 0 Å². The molecule has 0 radical (unpaired) electrons. The number of hydrogen-bond acceptors (Lipinski definition) is 2. The van der Waals surface area contributed by atoms with Crippen molar-refractivity contribution in [3.63, 3.8) is 0 Å². The zero-order chi connectivity index (χ0) is 14.5. The maximum Gasteiger partial charge on any atom is 0.126 e. The monoisotopic (exact) mass is 272 g/mol. The van der Waals surface area contributed by atoms with Crippen LogP contribution < -0.4 is 10.2 Å². The zero-order valence-corrected chi connectivity index (χ0v) is 12.2. The van der Waals surface area contributed by atoms with Crippen molar-refractivity contribution >= 4 is 5.69 Å². The average molecular weight is 272 g/mol. The second-order valence-electron chi connectivity index (χ2n) is 5.13. The Morgan fingerprint density at radius 3 is 2.50 bits per heavy atom. The molecule has 2 aromatic rings. The third kappa shape index (κ3) is 3.36. The minimum absolute atomic E-state index is 0.104. The number of nitrogens with one attached hydrogen (secondary N) is 1. The van der Waals surface area contributed by atoms with Crippen molar-refractivity contribution in [1.29, 1.82) is 0 Å². The quantitative estimate of drug-likeness (QED) is 0.897. The molecule has 0 saturated carbocycles. The molecule has 0 fully saturated rings. The predicted molar refractivity (Wildman–Crippen MR) is 82.7 cm³/mol. The van der Waals surface area contributed by atoms with Gasteiger partial charge in [0.05, 0.1) is 0 Å². The van der Waals surface area contributed by atoms with Crippen molar-refractivity contribution < 1.29 is 4.39 Å². The summed E-state index contributed by atoms with van der Waals surface area (Å²) in [5, 5.41) is 3.28. The molecule has 0 aliphatic rings. The van der Waals surface area contributed by atoms with E-state index in [1.807, 2.05) is 39.3 Å². The largest absolute Gasteiger partial charge is 0.378 e. The van der Waals surface area contributed by atoms with Crippen LogP contribution in [0, 0.1) is 5.82 Å². The number of benzene rings is 2. The van der Waals surface area contributed by atoms with E-state index in [4.69, 9.17) is 0 Å². The smallest absolute Gasteiger partial charge is 0.126 e. The van der Waals surface area contributed by atoms with Crippen LogP contribution in [0.2, 0.25) is 0 Å². The summed E-state index contributed by atoms with van der Waals surface area (Å²) in [5.41, 5.74) is 3.06. The summed E-state index contributed by atoms with van der Waals surface area (Å²) in [4.78, 5) is 2.07. The molecule has 0 aromatic heterocycles. The maximum atomic E-state index is 13.8. The van der Waals surface area contributed by atoms with Crippen molar-refractivity contribution in [2.75, 3.05) is 26.0 Å². The van der Waals surface area contributed by atoms with Gasteiger partial charge in [-0.25, -0.2) is 4.39 Å². The first kappa shape index (κ1) is 14.5. The fourth-order valence-electron chi connectivity index (χ4n) is 2.29. The number of likely N-dealkylation sites (N-methyl/N-ethyl adjacent to an activating group) is 1. The Morgan fingerprint density at radius 1 is 1.10 bits per heavy atom. The van der Waals surface area contributed by atoms with Crippen LogP contribution in [-0.2, 0) is 6.42 Å². The topological polar surface area (TPSA) is 15.3 Å². The summed E-state index contributed by atoms with van der Waals surface area (Å²) < 4.78 is 13.8.